The number of halogens is 2. The van der Waals surface area contributed by atoms with Crippen molar-refractivity contribution >= 4 is 17.5 Å². The summed E-state index contributed by atoms with van der Waals surface area (Å²) >= 11 is 5.64. The fourth-order valence-corrected chi connectivity index (χ4v) is 1.59. The molecule has 0 unspecified atom stereocenters. The third-order valence-corrected chi connectivity index (χ3v) is 2.55. The molecule has 1 amide bonds. The van der Waals surface area contributed by atoms with Crippen molar-refractivity contribution in [2.24, 2.45) is 5.84 Å². The second-order valence-electron chi connectivity index (χ2n) is 3.52. The molecule has 1 aromatic rings. The molecule has 0 bridgehead atoms. The molecule has 3 nitrogen and oxygen atoms in total. The van der Waals surface area contributed by atoms with Crippen LogP contribution in [0.5, 0.6) is 0 Å². The quantitative estimate of drug-likeness (QED) is 0.361. The summed E-state index contributed by atoms with van der Waals surface area (Å²) in [6.45, 7) is 0. The van der Waals surface area contributed by atoms with Gasteiger partial charge in [-0.15, -0.1) is 0 Å². The van der Waals surface area contributed by atoms with Crippen molar-refractivity contribution in [1.29, 1.82) is 0 Å². The number of nitrogens with two attached hydrogens (primary N) is 1. The largest absolute Gasteiger partial charge is 0.294 e. The van der Waals surface area contributed by atoms with Crippen LogP contribution < -0.4 is 11.3 Å². The summed E-state index contributed by atoms with van der Waals surface area (Å²) < 4.78 is 12.8. The molecule has 0 atom stereocenters. The SMILES string of the molecule is NNC(=O)CCCCc1ccc(F)c(Cl)c1. The van der Waals surface area contributed by atoms with Crippen LogP contribution in [0.15, 0.2) is 18.2 Å². The third-order valence-electron chi connectivity index (χ3n) is 2.26. The highest BCUT2D eigenvalue weighted by Crippen LogP contribution is 2.17. The Bertz CT molecular complexity index is 371. The van der Waals surface area contributed by atoms with Gasteiger partial charge in [-0.1, -0.05) is 17.7 Å². The minimum atomic E-state index is -0.409. The van der Waals surface area contributed by atoms with Gasteiger partial charge in [0.25, 0.3) is 0 Å². The van der Waals surface area contributed by atoms with Gasteiger partial charge in [0.1, 0.15) is 5.82 Å². The van der Waals surface area contributed by atoms with Crippen LogP contribution in [0.3, 0.4) is 0 Å². The minimum Gasteiger partial charge on any atom is -0.294 e. The van der Waals surface area contributed by atoms with Crippen LogP contribution in [0, 0.1) is 5.82 Å². The predicted molar refractivity (Wildman–Crippen MR) is 61.3 cm³/mol. The van der Waals surface area contributed by atoms with Gasteiger partial charge >= 0.3 is 0 Å². The molecule has 0 aliphatic rings. The average molecular weight is 245 g/mol. The number of rotatable bonds is 5. The first kappa shape index (κ1) is 12.9. The van der Waals surface area contributed by atoms with E-state index < -0.39 is 5.82 Å². The van der Waals surface area contributed by atoms with E-state index in [4.69, 9.17) is 17.4 Å². The van der Waals surface area contributed by atoms with Crippen molar-refractivity contribution in [2.45, 2.75) is 25.7 Å². The molecule has 0 aromatic heterocycles. The lowest BCUT2D eigenvalue weighted by atomic mass is 10.1. The van der Waals surface area contributed by atoms with Crippen LogP contribution in [-0.4, -0.2) is 5.91 Å². The molecule has 0 aliphatic carbocycles. The molecule has 3 N–H and O–H groups in total. The van der Waals surface area contributed by atoms with Gasteiger partial charge in [0.15, 0.2) is 0 Å². The lowest BCUT2D eigenvalue weighted by Gasteiger charge is -2.02. The molecular formula is C11H14ClFN2O. The molecule has 0 spiro atoms. The maximum atomic E-state index is 12.8. The third kappa shape index (κ3) is 4.16. The molecule has 1 aromatic carbocycles. The molecule has 16 heavy (non-hydrogen) atoms. The van der Waals surface area contributed by atoms with Gasteiger partial charge in [-0.05, 0) is 37.0 Å². The summed E-state index contributed by atoms with van der Waals surface area (Å²) in [5.74, 6) is 4.36. The van der Waals surface area contributed by atoms with Crippen LogP contribution >= 0.6 is 11.6 Å². The van der Waals surface area contributed by atoms with Crippen LogP contribution in [0.2, 0.25) is 5.02 Å². The number of amides is 1. The lowest BCUT2D eigenvalue weighted by molar-refractivity contribution is -0.121. The van der Waals surface area contributed by atoms with Crippen LogP contribution in [0.25, 0.3) is 0 Å². The fourth-order valence-electron chi connectivity index (χ4n) is 1.38. The molecule has 88 valence electrons. The van der Waals surface area contributed by atoms with Gasteiger partial charge in [0.2, 0.25) is 5.91 Å². The minimum absolute atomic E-state index is 0.136. The molecule has 0 fully saturated rings. The molecule has 0 saturated heterocycles. The summed E-state index contributed by atoms with van der Waals surface area (Å²) in [6, 6.07) is 4.66. The molecule has 1 rings (SSSR count). The number of aryl methyl sites for hydroxylation is 1. The monoisotopic (exact) mass is 244 g/mol. The Hall–Kier alpha value is -1.13. The standard InChI is InChI=1S/C11H14ClFN2O/c12-9-7-8(5-6-10(9)13)3-1-2-4-11(16)15-14/h5-7H,1-4,14H2,(H,15,16). The lowest BCUT2D eigenvalue weighted by Crippen LogP contribution is -2.29. The van der Waals surface area contributed by atoms with Crippen molar-refractivity contribution < 1.29 is 9.18 Å². The zero-order valence-electron chi connectivity index (χ0n) is 8.80. The maximum Gasteiger partial charge on any atom is 0.233 e. The molecule has 0 saturated carbocycles. The van der Waals surface area contributed by atoms with E-state index in [-0.39, 0.29) is 10.9 Å². The molecular weight excluding hydrogens is 231 g/mol. The van der Waals surface area contributed by atoms with Crippen molar-refractivity contribution in [2.75, 3.05) is 0 Å². The topological polar surface area (TPSA) is 55.1 Å². The van der Waals surface area contributed by atoms with Gasteiger partial charge in [0, 0.05) is 6.42 Å². The van der Waals surface area contributed by atoms with E-state index in [0.29, 0.717) is 6.42 Å². The molecule has 0 heterocycles. The number of nitrogens with one attached hydrogen (secondary N) is 1. The van der Waals surface area contributed by atoms with Crippen LogP contribution in [0.1, 0.15) is 24.8 Å². The van der Waals surface area contributed by atoms with Crippen molar-refractivity contribution in [3.63, 3.8) is 0 Å². The zero-order valence-corrected chi connectivity index (χ0v) is 9.56. The second kappa shape index (κ2) is 6.45. The van der Waals surface area contributed by atoms with Crippen LogP contribution in [0.4, 0.5) is 4.39 Å². The summed E-state index contributed by atoms with van der Waals surface area (Å²) in [7, 11) is 0. The number of hydrogen-bond donors (Lipinski definition) is 2. The van der Waals surface area contributed by atoms with E-state index in [1.165, 1.54) is 6.07 Å². The maximum absolute atomic E-state index is 12.8. The highest BCUT2D eigenvalue weighted by atomic mass is 35.5. The first-order valence-electron chi connectivity index (χ1n) is 5.07. The molecule has 0 radical (unpaired) electrons. The van der Waals surface area contributed by atoms with Gasteiger partial charge < -0.3 is 0 Å². The number of unbranched alkanes of at least 4 members (excludes halogenated alkanes) is 1. The Kier molecular flexibility index (Phi) is 5.22. The number of hydrazine groups is 1. The smallest absolute Gasteiger partial charge is 0.233 e. The Balaban J connectivity index is 2.32. The normalized spacial score (nSPS) is 10.2. The number of benzene rings is 1. The van der Waals surface area contributed by atoms with Crippen molar-refractivity contribution in [3.8, 4) is 0 Å². The number of carbonyl (C=O) groups is 1. The Labute approximate surface area is 98.7 Å². The summed E-state index contributed by atoms with van der Waals surface area (Å²) in [6.07, 6.45) is 2.77. The van der Waals surface area contributed by atoms with Crippen LogP contribution in [-0.2, 0) is 11.2 Å². The summed E-state index contributed by atoms with van der Waals surface area (Å²) in [5.41, 5.74) is 3.04. The highest BCUT2D eigenvalue weighted by Gasteiger charge is 2.02. The fraction of sp³-hybridized carbons (Fsp3) is 0.364. The van der Waals surface area contributed by atoms with Crippen molar-refractivity contribution in [1.82, 2.24) is 5.43 Å². The highest BCUT2D eigenvalue weighted by molar-refractivity contribution is 6.30. The van der Waals surface area contributed by atoms with E-state index in [1.54, 1.807) is 12.1 Å². The van der Waals surface area contributed by atoms with E-state index in [9.17, 15) is 9.18 Å². The Morgan fingerprint density at radius 3 is 2.81 bits per heavy atom. The van der Waals surface area contributed by atoms with Crippen molar-refractivity contribution in [3.05, 3.63) is 34.6 Å². The Morgan fingerprint density at radius 2 is 2.19 bits per heavy atom. The number of carbonyl (C=O) groups excluding carboxylic acids is 1. The van der Waals surface area contributed by atoms with Gasteiger partial charge in [-0.2, -0.15) is 0 Å². The molecule has 0 aliphatic heterocycles. The van der Waals surface area contributed by atoms with E-state index in [2.05, 4.69) is 5.43 Å². The zero-order chi connectivity index (χ0) is 12.0. The van der Waals surface area contributed by atoms with E-state index in [1.807, 2.05) is 0 Å². The first-order chi connectivity index (χ1) is 7.63. The average Bonchev–Trinajstić information content (AvgIpc) is 2.28. The molecule has 5 heteroatoms. The number of hydrogen-bond acceptors (Lipinski definition) is 2. The first-order valence-corrected chi connectivity index (χ1v) is 5.44. The van der Waals surface area contributed by atoms with Gasteiger partial charge in [-0.3, -0.25) is 10.2 Å². The Morgan fingerprint density at radius 1 is 1.44 bits per heavy atom. The predicted octanol–water partition coefficient (Wildman–Crippen LogP) is 2.18. The summed E-state index contributed by atoms with van der Waals surface area (Å²) in [4.78, 5) is 10.8. The summed E-state index contributed by atoms with van der Waals surface area (Å²) in [5, 5.41) is 0.136. The van der Waals surface area contributed by atoms with E-state index in [0.717, 1.165) is 24.8 Å². The van der Waals surface area contributed by atoms with Gasteiger partial charge in [0.05, 0.1) is 5.02 Å². The van der Waals surface area contributed by atoms with E-state index >= 15 is 0 Å². The second-order valence-corrected chi connectivity index (χ2v) is 3.93. The van der Waals surface area contributed by atoms with Gasteiger partial charge in [-0.25, -0.2) is 10.2 Å².